The van der Waals surface area contributed by atoms with Crippen molar-refractivity contribution in [3.63, 3.8) is 0 Å². The lowest BCUT2D eigenvalue weighted by Gasteiger charge is -2.29. The van der Waals surface area contributed by atoms with Crippen LogP contribution in [0.25, 0.3) is 22.3 Å². The number of rotatable bonds is 3. The number of benzene rings is 1. The maximum Gasteiger partial charge on any atom is 0.153 e. The van der Waals surface area contributed by atoms with Gasteiger partial charge in [-0.15, -0.1) is 0 Å². The summed E-state index contributed by atoms with van der Waals surface area (Å²) in [6, 6.07) is 8.86. The van der Waals surface area contributed by atoms with E-state index in [2.05, 4.69) is 22.0 Å². The van der Waals surface area contributed by atoms with Gasteiger partial charge >= 0.3 is 0 Å². The number of halogens is 1. The fraction of sp³-hybridized carbons (Fsp3) is 0.316. The van der Waals surface area contributed by atoms with Crippen LogP contribution in [0.1, 0.15) is 18.4 Å². The number of quaternary nitrogens is 1. The molecule has 2 N–H and O–H groups in total. The normalized spacial score (nSPS) is 16.4. The third kappa shape index (κ3) is 3.17. The molecule has 3 aromatic rings. The van der Waals surface area contributed by atoms with Crippen LogP contribution in [-0.2, 0) is 6.54 Å². The first-order chi connectivity index (χ1) is 12.0. The van der Waals surface area contributed by atoms with E-state index in [0.717, 1.165) is 35.2 Å². The number of nitrogens with zero attached hydrogens (tertiary/aromatic N) is 4. The molecule has 1 fully saturated rings. The average Bonchev–Trinajstić information content (AvgIpc) is 3.00. The molecule has 0 radical (unpaired) electrons. The minimum Gasteiger partial charge on any atom is -0.382 e. The Morgan fingerprint density at radius 2 is 1.92 bits per heavy atom. The van der Waals surface area contributed by atoms with Crippen molar-refractivity contribution in [1.82, 2.24) is 15.0 Å². The van der Waals surface area contributed by atoms with Crippen LogP contribution in [0.5, 0.6) is 0 Å². The molecule has 2 aromatic heterocycles. The number of pyridine rings is 1. The Morgan fingerprint density at radius 1 is 1.12 bits per heavy atom. The van der Waals surface area contributed by atoms with E-state index in [-0.39, 0.29) is 5.82 Å². The quantitative estimate of drug-likeness (QED) is 0.745. The molecule has 0 spiro atoms. The molecule has 128 valence electrons. The maximum absolute atomic E-state index is 14.2. The van der Waals surface area contributed by atoms with Gasteiger partial charge in [-0.2, -0.15) is 0 Å². The highest BCUT2D eigenvalue weighted by Crippen LogP contribution is 2.27. The number of nitrogen functional groups attached to an aromatic ring is 1. The molecule has 1 aliphatic rings. The summed E-state index contributed by atoms with van der Waals surface area (Å²) >= 11 is 0. The van der Waals surface area contributed by atoms with Gasteiger partial charge in [0.05, 0.1) is 31.3 Å². The van der Waals surface area contributed by atoms with E-state index in [9.17, 15) is 4.39 Å². The Hall–Kier alpha value is -2.60. The lowest BCUT2D eigenvalue weighted by Crippen LogP contribution is -2.39. The molecule has 0 bridgehead atoms. The van der Waals surface area contributed by atoms with Crippen LogP contribution >= 0.6 is 0 Å². The molecule has 1 aromatic carbocycles. The first-order valence-electron chi connectivity index (χ1n) is 8.53. The summed E-state index contributed by atoms with van der Waals surface area (Å²) in [6.45, 7) is 3.13. The number of hydrogen-bond acceptors (Lipinski definition) is 4. The van der Waals surface area contributed by atoms with Gasteiger partial charge in [0.2, 0.25) is 0 Å². The third-order valence-electron chi connectivity index (χ3n) is 4.97. The monoisotopic (exact) mass is 338 g/mol. The zero-order chi connectivity index (χ0) is 17.4. The minimum absolute atomic E-state index is 0.238. The topological polar surface area (TPSA) is 64.7 Å². The first kappa shape index (κ1) is 15.9. The summed E-state index contributed by atoms with van der Waals surface area (Å²) in [5.41, 5.74) is 9.56. The molecule has 6 heteroatoms. The van der Waals surface area contributed by atoms with Crippen LogP contribution in [0.3, 0.4) is 0 Å². The van der Waals surface area contributed by atoms with E-state index in [1.165, 1.54) is 25.2 Å². The third-order valence-corrected chi connectivity index (χ3v) is 4.97. The minimum atomic E-state index is -0.238. The summed E-state index contributed by atoms with van der Waals surface area (Å²) < 4.78 is 15.2. The molecule has 3 heterocycles. The van der Waals surface area contributed by atoms with Gasteiger partial charge in [0.1, 0.15) is 24.2 Å². The Balaban J connectivity index is 1.74. The largest absolute Gasteiger partial charge is 0.382 e. The average molecular weight is 338 g/mol. The lowest BCUT2D eigenvalue weighted by atomic mass is 10.1. The summed E-state index contributed by atoms with van der Waals surface area (Å²) in [7, 11) is 2.24. The van der Waals surface area contributed by atoms with Crippen molar-refractivity contribution in [3.05, 3.63) is 48.0 Å². The van der Waals surface area contributed by atoms with Crippen molar-refractivity contribution in [3.8, 4) is 11.3 Å². The van der Waals surface area contributed by atoms with Crippen LogP contribution in [-0.4, -0.2) is 39.6 Å². The molecule has 1 aliphatic heterocycles. The smallest absolute Gasteiger partial charge is 0.153 e. The summed E-state index contributed by atoms with van der Waals surface area (Å²) in [6.07, 6.45) is 3.90. The molecule has 25 heavy (non-hydrogen) atoms. The molecular weight excluding hydrogens is 317 g/mol. The van der Waals surface area contributed by atoms with Gasteiger partial charge in [-0.3, -0.25) is 0 Å². The molecule has 4 rings (SSSR count). The maximum atomic E-state index is 14.2. The number of anilines is 1. The van der Waals surface area contributed by atoms with Crippen LogP contribution in [0, 0.1) is 5.82 Å². The van der Waals surface area contributed by atoms with Crippen LogP contribution in [0.4, 0.5) is 10.2 Å². The van der Waals surface area contributed by atoms with Gasteiger partial charge in [-0.25, -0.2) is 19.3 Å². The Kier molecular flexibility index (Phi) is 3.84. The summed E-state index contributed by atoms with van der Waals surface area (Å²) in [4.78, 5) is 12.7. The number of likely N-dealkylation sites (tertiary alicyclic amines) is 1. The predicted molar refractivity (Wildman–Crippen MR) is 96.0 cm³/mol. The number of aromatic nitrogens is 3. The van der Waals surface area contributed by atoms with E-state index < -0.39 is 0 Å². The molecule has 0 atom stereocenters. The molecule has 5 nitrogen and oxygen atoms in total. The standard InChI is InChI=1S/C19H21FN5/c1-25(6-2-3-7-25)11-13-8-14(10-15(20)9-13)16-4-5-17-18(24-16)19(21)23-12-22-17/h4-5,8-10,12H,2-3,6-7,11H2,1H3,(H2,21,22,23)/q+1. The fourth-order valence-electron chi connectivity index (χ4n) is 3.71. The zero-order valence-electron chi connectivity index (χ0n) is 14.2. The second-order valence-corrected chi connectivity index (χ2v) is 7.10. The molecule has 0 aliphatic carbocycles. The molecule has 0 unspecified atom stereocenters. The molecule has 0 amide bonds. The molecule has 0 saturated carbocycles. The molecular formula is C19H21FN5+. The van der Waals surface area contributed by atoms with Crippen molar-refractivity contribution < 1.29 is 8.87 Å². The predicted octanol–water partition coefficient (Wildman–Crippen LogP) is 3.15. The number of fused-ring (bicyclic) bond motifs is 1. The van der Waals surface area contributed by atoms with Gasteiger partial charge in [-0.05, 0) is 30.3 Å². The van der Waals surface area contributed by atoms with Crippen LogP contribution in [0.15, 0.2) is 36.7 Å². The van der Waals surface area contributed by atoms with Gasteiger partial charge < -0.3 is 10.2 Å². The lowest BCUT2D eigenvalue weighted by molar-refractivity contribution is -0.910. The Labute approximate surface area is 145 Å². The van der Waals surface area contributed by atoms with E-state index >= 15 is 0 Å². The van der Waals surface area contributed by atoms with Gasteiger partial charge in [0, 0.05) is 24.0 Å². The number of nitrogens with two attached hydrogens (primary N) is 1. The van der Waals surface area contributed by atoms with Gasteiger partial charge in [0.15, 0.2) is 5.82 Å². The highest BCUT2D eigenvalue weighted by Gasteiger charge is 2.27. The molecule has 1 saturated heterocycles. The number of hydrogen-bond donors (Lipinski definition) is 1. The van der Waals surface area contributed by atoms with E-state index in [0.29, 0.717) is 22.5 Å². The second-order valence-electron chi connectivity index (χ2n) is 7.10. The van der Waals surface area contributed by atoms with Crippen molar-refractivity contribution in [2.75, 3.05) is 25.9 Å². The Morgan fingerprint density at radius 3 is 2.72 bits per heavy atom. The van der Waals surface area contributed by atoms with Crippen molar-refractivity contribution in [2.24, 2.45) is 0 Å². The summed E-state index contributed by atoms with van der Waals surface area (Å²) in [5.74, 6) is 0.0936. The highest BCUT2D eigenvalue weighted by atomic mass is 19.1. The van der Waals surface area contributed by atoms with Gasteiger partial charge in [0.25, 0.3) is 0 Å². The second kappa shape index (κ2) is 6.04. The highest BCUT2D eigenvalue weighted by molar-refractivity contribution is 5.85. The van der Waals surface area contributed by atoms with Gasteiger partial charge in [-0.1, -0.05) is 0 Å². The van der Waals surface area contributed by atoms with E-state index in [1.807, 2.05) is 18.2 Å². The fourth-order valence-corrected chi connectivity index (χ4v) is 3.71. The van der Waals surface area contributed by atoms with Crippen molar-refractivity contribution >= 4 is 16.9 Å². The van der Waals surface area contributed by atoms with E-state index in [4.69, 9.17) is 5.73 Å². The Bertz CT molecular complexity index is 934. The zero-order valence-corrected chi connectivity index (χ0v) is 14.2. The van der Waals surface area contributed by atoms with Crippen molar-refractivity contribution in [1.29, 1.82) is 0 Å². The van der Waals surface area contributed by atoms with Crippen LogP contribution in [0.2, 0.25) is 0 Å². The SMILES string of the molecule is C[N+]1(Cc2cc(F)cc(-c3ccc4ncnc(N)c4n3)c2)CCCC1. The summed E-state index contributed by atoms with van der Waals surface area (Å²) in [5, 5.41) is 0. The van der Waals surface area contributed by atoms with Crippen LogP contribution < -0.4 is 5.73 Å². The van der Waals surface area contributed by atoms with Crippen molar-refractivity contribution in [2.45, 2.75) is 19.4 Å². The first-order valence-corrected chi connectivity index (χ1v) is 8.53. The van der Waals surface area contributed by atoms with E-state index in [1.54, 1.807) is 6.07 Å².